The molecule has 110 valence electrons. The monoisotopic (exact) mass is 312 g/mol. The number of alkyl halides is 1. The number of carbonyl (C=O) groups excluding carboxylic acids is 1. The Morgan fingerprint density at radius 3 is 2.73 bits per heavy atom. The number of halogens is 1. The molecule has 5 nitrogen and oxygen atoms in total. The zero-order valence-electron chi connectivity index (χ0n) is 11.6. The average Bonchev–Trinajstić information content (AvgIpc) is 2.98. The lowest BCUT2D eigenvalue weighted by Gasteiger charge is -2.07. The topological polar surface area (TPSA) is 73.3 Å². The molecule has 3 rings (SSSR count). The Hall–Kier alpha value is -2.66. The second-order valence-corrected chi connectivity index (χ2v) is 4.93. The number of imidazole rings is 1. The fourth-order valence-electron chi connectivity index (χ4n) is 2.19. The maximum absolute atomic E-state index is 12.8. The molecule has 3 aromatic rings. The van der Waals surface area contributed by atoms with Gasteiger partial charge < -0.3 is 5.73 Å². The van der Waals surface area contributed by atoms with Gasteiger partial charge in [0.25, 0.3) is 5.91 Å². The van der Waals surface area contributed by atoms with Gasteiger partial charge in [0.05, 0.1) is 28.2 Å². The largest absolute Gasteiger partial charge is 0.386 e. The first-order valence-corrected chi connectivity index (χ1v) is 7.19. The third-order valence-electron chi connectivity index (χ3n) is 3.21. The van der Waals surface area contributed by atoms with E-state index in [0.29, 0.717) is 11.3 Å². The highest BCUT2D eigenvalue weighted by Gasteiger charge is 2.15. The molecule has 0 saturated heterocycles. The van der Waals surface area contributed by atoms with Crippen LogP contribution in [0, 0.1) is 0 Å². The highest BCUT2D eigenvalue weighted by Crippen LogP contribution is 2.22. The lowest BCUT2D eigenvalue weighted by atomic mass is 10.1. The van der Waals surface area contributed by atoms with Crippen molar-refractivity contribution in [1.29, 1.82) is 0 Å². The van der Waals surface area contributed by atoms with Crippen LogP contribution < -0.4 is 5.73 Å². The molecule has 0 radical (unpaired) electrons. The summed E-state index contributed by atoms with van der Waals surface area (Å²) in [5.41, 5.74) is 8.11. The summed E-state index contributed by atoms with van der Waals surface area (Å²) in [7, 11) is 0. The van der Waals surface area contributed by atoms with Crippen molar-refractivity contribution in [3.63, 3.8) is 0 Å². The molecule has 1 heterocycles. The summed E-state index contributed by atoms with van der Waals surface area (Å²) in [6, 6.07) is 14.5. The molecule has 0 bridgehead atoms. The standard InChI is InChI=1S/C16H13ClN4O/c17-9-15(18)20-12-6-2-1-5-11(12)16(22)21-10-19-13-7-3-4-8-14(13)21/h1-8,10H,9H2,(H2,18,20). The number of aromatic nitrogens is 2. The van der Waals surface area contributed by atoms with Gasteiger partial charge in [-0.2, -0.15) is 0 Å². The van der Waals surface area contributed by atoms with Gasteiger partial charge >= 0.3 is 0 Å². The van der Waals surface area contributed by atoms with Crippen LogP contribution in [0.1, 0.15) is 10.4 Å². The maximum Gasteiger partial charge on any atom is 0.265 e. The SMILES string of the molecule is NC(CCl)=Nc1ccccc1C(=O)n1cnc2ccccc21. The van der Waals surface area contributed by atoms with Crippen molar-refractivity contribution in [2.75, 3.05) is 5.88 Å². The summed E-state index contributed by atoms with van der Waals surface area (Å²) < 4.78 is 1.50. The second-order valence-electron chi connectivity index (χ2n) is 4.66. The summed E-state index contributed by atoms with van der Waals surface area (Å²) in [5, 5.41) is 0. The number of para-hydroxylation sites is 3. The van der Waals surface area contributed by atoms with Crippen molar-refractivity contribution in [3.8, 4) is 0 Å². The van der Waals surface area contributed by atoms with Crippen molar-refractivity contribution < 1.29 is 4.79 Å². The van der Waals surface area contributed by atoms with E-state index in [0.717, 1.165) is 11.0 Å². The van der Waals surface area contributed by atoms with E-state index >= 15 is 0 Å². The molecule has 0 unspecified atom stereocenters. The molecule has 0 aliphatic rings. The van der Waals surface area contributed by atoms with E-state index in [-0.39, 0.29) is 17.6 Å². The Morgan fingerprint density at radius 1 is 1.18 bits per heavy atom. The number of nitrogens with zero attached hydrogens (tertiary/aromatic N) is 3. The Morgan fingerprint density at radius 2 is 1.91 bits per heavy atom. The average molecular weight is 313 g/mol. The van der Waals surface area contributed by atoms with Gasteiger partial charge in [0.2, 0.25) is 0 Å². The van der Waals surface area contributed by atoms with Crippen LogP contribution in [0.5, 0.6) is 0 Å². The van der Waals surface area contributed by atoms with E-state index in [2.05, 4.69) is 9.98 Å². The summed E-state index contributed by atoms with van der Waals surface area (Å²) >= 11 is 5.66. The minimum absolute atomic E-state index is 0.108. The maximum atomic E-state index is 12.8. The highest BCUT2D eigenvalue weighted by atomic mass is 35.5. The molecule has 2 aromatic carbocycles. The Bertz CT molecular complexity index is 869. The fourth-order valence-corrected chi connectivity index (χ4v) is 2.25. The van der Waals surface area contributed by atoms with Gasteiger partial charge in [-0.25, -0.2) is 9.98 Å². The third-order valence-corrected chi connectivity index (χ3v) is 3.48. The van der Waals surface area contributed by atoms with Gasteiger partial charge in [0, 0.05) is 0 Å². The van der Waals surface area contributed by atoms with Crippen LogP contribution in [0.15, 0.2) is 59.9 Å². The summed E-state index contributed by atoms with van der Waals surface area (Å²) in [5.74, 6) is 0.157. The Kier molecular flexibility index (Phi) is 3.89. The first-order valence-electron chi connectivity index (χ1n) is 6.65. The number of hydrogen-bond acceptors (Lipinski definition) is 3. The zero-order valence-corrected chi connectivity index (χ0v) is 12.4. The van der Waals surface area contributed by atoms with Crippen molar-refractivity contribution in [1.82, 2.24) is 9.55 Å². The predicted molar refractivity (Wildman–Crippen MR) is 87.9 cm³/mol. The Balaban J connectivity index is 2.10. The van der Waals surface area contributed by atoms with Gasteiger partial charge in [0.1, 0.15) is 12.2 Å². The first kappa shape index (κ1) is 14.3. The zero-order chi connectivity index (χ0) is 15.5. The van der Waals surface area contributed by atoms with Crippen molar-refractivity contribution in [3.05, 3.63) is 60.4 Å². The lowest BCUT2D eigenvalue weighted by Crippen LogP contribution is -2.14. The molecule has 0 aliphatic carbocycles. The molecule has 0 aliphatic heterocycles. The van der Waals surface area contributed by atoms with Crippen LogP contribution in [-0.2, 0) is 0 Å². The fraction of sp³-hybridized carbons (Fsp3) is 0.0625. The number of nitrogens with two attached hydrogens (primary N) is 1. The van der Waals surface area contributed by atoms with E-state index in [1.807, 2.05) is 24.3 Å². The van der Waals surface area contributed by atoms with E-state index in [9.17, 15) is 4.79 Å². The first-order chi connectivity index (χ1) is 10.7. The molecule has 6 heteroatoms. The minimum Gasteiger partial charge on any atom is -0.386 e. The molecule has 0 amide bonds. The smallest absolute Gasteiger partial charge is 0.265 e. The van der Waals surface area contributed by atoms with Gasteiger partial charge in [-0.05, 0) is 24.3 Å². The van der Waals surface area contributed by atoms with E-state index in [1.165, 1.54) is 10.9 Å². The number of rotatable bonds is 3. The van der Waals surface area contributed by atoms with Crippen molar-refractivity contribution in [2.24, 2.45) is 10.7 Å². The number of benzene rings is 2. The van der Waals surface area contributed by atoms with Crippen molar-refractivity contribution in [2.45, 2.75) is 0 Å². The number of carbonyl (C=O) groups is 1. The van der Waals surface area contributed by atoms with Crippen molar-refractivity contribution >= 4 is 40.1 Å². The van der Waals surface area contributed by atoms with Crippen LogP contribution in [0.4, 0.5) is 5.69 Å². The van der Waals surface area contributed by atoms with Gasteiger partial charge in [0.15, 0.2) is 0 Å². The van der Waals surface area contributed by atoms with E-state index < -0.39 is 0 Å². The van der Waals surface area contributed by atoms with Crippen LogP contribution in [0.3, 0.4) is 0 Å². The van der Waals surface area contributed by atoms with Gasteiger partial charge in [-0.15, -0.1) is 11.6 Å². The normalized spacial score (nSPS) is 11.8. The lowest BCUT2D eigenvalue weighted by molar-refractivity contribution is 0.0965. The number of fused-ring (bicyclic) bond motifs is 1. The quantitative estimate of drug-likeness (QED) is 0.459. The number of aliphatic imine (C=N–C) groups is 1. The highest BCUT2D eigenvalue weighted by molar-refractivity contribution is 6.28. The molecule has 22 heavy (non-hydrogen) atoms. The predicted octanol–water partition coefficient (Wildman–Crippen LogP) is 2.95. The third kappa shape index (κ3) is 2.58. The molecule has 0 atom stereocenters. The van der Waals surface area contributed by atoms with Crippen LogP contribution in [0.25, 0.3) is 11.0 Å². The summed E-state index contributed by atoms with van der Waals surface area (Å²) in [4.78, 5) is 21.2. The molecule has 0 saturated carbocycles. The molecule has 0 fully saturated rings. The molecule has 2 N–H and O–H groups in total. The van der Waals surface area contributed by atoms with Gasteiger partial charge in [-0.3, -0.25) is 9.36 Å². The number of hydrogen-bond donors (Lipinski definition) is 1. The van der Waals surface area contributed by atoms with Crippen LogP contribution in [0.2, 0.25) is 0 Å². The molecular formula is C16H13ClN4O. The van der Waals surface area contributed by atoms with E-state index in [4.69, 9.17) is 17.3 Å². The van der Waals surface area contributed by atoms with Gasteiger partial charge in [-0.1, -0.05) is 24.3 Å². The number of amidine groups is 1. The van der Waals surface area contributed by atoms with Crippen LogP contribution >= 0.6 is 11.6 Å². The molecular weight excluding hydrogens is 300 g/mol. The molecule has 1 aromatic heterocycles. The summed E-state index contributed by atoms with van der Waals surface area (Å²) in [6.45, 7) is 0. The second kappa shape index (κ2) is 5.99. The minimum atomic E-state index is -0.213. The van der Waals surface area contributed by atoms with Crippen LogP contribution in [-0.4, -0.2) is 27.2 Å². The van der Waals surface area contributed by atoms with E-state index in [1.54, 1.807) is 24.3 Å². The summed E-state index contributed by atoms with van der Waals surface area (Å²) in [6.07, 6.45) is 1.51. The Labute approximate surface area is 132 Å². The molecule has 0 spiro atoms.